The minimum atomic E-state index is -0.510. The van der Waals surface area contributed by atoms with Crippen molar-refractivity contribution in [3.8, 4) is 0 Å². The van der Waals surface area contributed by atoms with Gasteiger partial charge >= 0.3 is 0 Å². The molecular formula is C18H23NO3. The molecule has 118 valence electrons. The fourth-order valence-electron chi connectivity index (χ4n) is 2.99. The van der Waals surface area contributed by atoms with Crippen LogP contribution >= 0.6 is 0 Å². The number of aryl methyl sites for hydroxylation is 1. The maximum absolute atomic E-state index is 10.0. The van der Waals surface area contributed by atoms with E-state index in [1.807, 2.05) is 12.1 Å². The van der Waals surface area contributed by atoms with Gasteiger partial charge in [0, 0.05) is 12.6 Å². The number of furan rings is 1. The highest BCUT2D eigenvalue weighted by Gasteiger charge is 2.19. The summed E-state index contributed by atoms with van der Waals surface area (Å²) in [6, 6.07) is 12.6. The SMILES string of the molecule is O[C@H](CN[C@@H]1CCCc2ccccc21)COCc1ccco1. The molecule has 0 saturated carbocycles. The molecular weight excluding hydrogens is 278 g/mol. The molecule has 0 bridgehead atoms. The van der Waals surface area contributed by atoms with Gasteiger partial charge in [-0.2, -0.15) is 0 Å². The Morgan fingerprint density at radius 2 is 2.18 bits per heavy atom. The number of aliphatic hydroxyl groups is 1. The Kier molecular flexibility index (Phi) is 5.27. The van der Waals surface area contributed by atoms with Crippen molar-refractivity contribution in [2.45, 2.75) is 38.0 Å². The molecule has 2 atom stereocenters. The molecule has 22 heavy (non-hydrogen) atoms. The molecule has 1 aromatic carbocycles. The number of rotatable bonds is 7. The van der Waals surface area contributed by atoms with E-state index < -0.39 is 6.10 Å². The molecule has 0 unspecified atom stereocenters. The number of fused-ring (bicyclic) bond motifs is 1. The summed E-state index contributed by atoms with van der Waals surface area (Å²) in [4.78, 5) is 0. The molecule has 2 aromatic rings. The van der Waals surface area contributed by atoms with E-state index in [1.54, 1.807) is 6.26 Å². The van der Waals surface area contributed by atoms with Crippen molar-refractivity contribution in [3.05, 3.63) is 59.5 Å². The fraction of sp³-hybridized carbons (Fsp3) is 0.444. The van der Waals surface area contributed by atoms with Gasteiger partial charge in [0.2, 0.25) is 0 Å². The molecule has 4 nitrogen and oxygen atoms in total. The summed E-state index contributed by atoms with van der Waals surface area (Å²) < 4.78 is 10.7. The number of benzene rings is 1. The molecule has 1 heterocycles. The van der Waals surface area contributed by atoms with E-state index in [2.05, 4.69) is 29.6 Å². The highest BCUT2D eigenvalue weighted by molar-refractivity contribution is 5.32. The number of ether oxygens (including phenoxy) is 1. The molecule has 0 saturated heterocycles. The molecule has 4 heteroatoms. The van der Waals surface area contributed by atoms with Gasteiger partial charge in [0.15, 0.2) is 0 Å². The van der Waals surface area contributed by atoms with Crippen LogP contribution in [0.2, 0.25) is 0 Å². The van der Waals surface area contributed by atoms with Gasteiger partial charge in [-0.1, -0.05) is 24.3 Å². The topological polar surface area (TPSA) is 54.6 Å². The van der Waals surface area contributed by atoms with E-state index in [-0.39, 0.29) is 0 Å². The van der Waals surface area contributed by atoms with Gasteiger partial charge < -0.3 is 19.6 Å². The van der Waals surface area contributed by atoms with Crippen LogP contribution in [-0.4, -0.2) is 24.4 Å². The third-order valence-electron chi connectivity index (χ3n) is 4.10. The number of hydrogen-bond acceptors (Lipinski definition) is 4. The lowest BCUT2D eigenvalue weighted by Gasteiger charge is -2.27. The van der Waals surface area contributed by atoms with Crippen molar-refractivity contribution in [2.24, 2.45) is 0 Å². The summed E-state index contributed by atoms with van der Waals surface area (Å²) in [6.45, 7) is 1.25. The predicted octanol–water partition coefficient (Wildman–Crippen LogP) is 2.82. The summed E-state index contributed by atoms with van der Waals surface area (Å²) >= 11 is 0. The average molecular weight is 301 g/mol. The lowest BCUT2D eigenvalue weighted by atomic mass is 9.88. The third kappa shape index (κ3) is 3.97. The smallest absolute Gasteiger partial charge is 0.129 e. The Morgan fingerprint density at radius 3 is 3.05 bits per heavy atom. The minimum absolute atomic E-state index is 0.308. The van der Waals surface area contributed by atoms with E-state index in [1.165, 1.54) is 17.5 Å². The minimum Gasteiger partial charge on any atom is -0.467 e. The zero-order chi connectivity index (χ0) is 15.2. The Morgan fingerprint density at radius 1 is 1.27 bits per heavy atom. The van der Waals surface area contributed by atoms with Crippen LogP contribution in [0.3, 0.4) is 0 Å². The summed E-state index contributed by atoms with van der Waals surface area (Å²) in [5, 5.41) is 13.5. The molecule has 1 aromatic heterocycles. The molecule has 0 radical (unpaired) electrons. The van der Waals surface area contributed by atoms with Gasteiger partial charge in [0.25, 0.3) is 0 Å². The van der Waals surface area contributed by atoms with E-state index in [0.717, 1.165) is 18.6 Å². The van der Waals surface area contributed by atoms with Gasteiger partial charge in [-0.15, -0.1) is 0 Å². The quantitative estimate of drug-likeness (QED) is 0.825. The predicted molar refractivity (Wildman–Crippen MR) is 84.5 cm³/mol. The average Bonchev–Trinajstić information content (AvgIpc) is 3.06. The standard InChI is InChI=1S/C18H23NO3/c20-15(12-21-13-16-7-4-10-22-16)11-19-18-9-3-6-14-5-1-2-8-17(14)18/h1-2,4-5,7-8,10,15,18-20H,3,6,9,11-13H2/t15-,18-/m1/s1. The first-order valence-electron chi connectivity index (χ1n) is 7.92. The van der Waals surface area contributed by atoms with Crippen LogP contribution in [0, 0.1) is 0 Å². The molecule has 3 rings (SSSR count). The molecule has 0 aliphatic heterocycles. The van der Waals surface area contributed by atoms with Crippen LogP contribution in [0.25, 0.3) is 0 Å². The zero-order valence-electron chi connectivity index (χ0n) is 12.7. The van der Waals surface area contributed by atoms with Crippen molar-refractivity contribution in [1.29, 1.82) is 0 Å². The highest BCUT2D eigenvalue weighted by atomic mass is 16.5. The van der Waals surface area contributed by atoms with Crippen LogP contribution in [0.15, 0.2) is 47.1 Å². The zero-order valence-corrected chi connectivity index (χ0v) is 12.7. The molecule has 0 fully saturated rings. The van der Waals surface area contributed by atoms with Crippen LogP contribution in [0.5, 0.6) is 0 Å². The normalized spacial score (nSPS) is 18.9. The molecule has 1 aliphatic rings. The van der Waals surface area contributed by atoms with Gasteiger partial charge in [-0.05, 0) is 42.5 Å². The number of hydrogen-bond donors (Lipinski definition) is 2. The van der Waals surface area contributed by atoms with Crippen molar-refractivity contribution < 1.29 is 14.3 Å². The van der Waals surface area contributed by atoms with E-state index in [0.29, 0.717) is 25.8 Å². The van der Waals surface area contributed by atoms with Crippen LogP contribution < -0.4 is 5.32 Å². The highest BCUT2D eigenvalue weighted by Crippen LogP contribution is 2.29. The van der Waals surface area contributed by atoms with Crippen molar-refractivity contribution in [3.63, 3.8) is 0 Å². The number of aliphatic hydroxyl groups excluding tert-OH is 1. The Labute approximate surface area is 131 Å². The van der Waals surface area contributed by atoms with Crippen LogP contribution in [0.4, 0.5) is 0 Å². The van der Waals surface area contributed by atoms with Crippen molar-refractivity contribution in [1.82, 2.24) is 5.32 Å². The lowest BCUT2D eigenvalue weighted by molar-refractivity contribution is 0.0213. The Balaban J connectivity index is 1.42. The molecule has 0 amide bonds. The van der Waals surface area contributed by atoms with E-state index in [4.69, 9.17) is 9.15 Å². The monoisotopic (exact) mass is 301 g/mol. The van der Waals surface area contributed by atoms with Gasteiger partial charge in [-0.3, -0.25) is 0 Å². The molecule has 2 N–H and O–H groups in total. The first-order chi connectivity index (χ1) is 10.8. The van der Waals surface area contributed by atoms with Crippen molar-refractivity contribution >= 4 is 0 Å². The van der Waals surface area contributed by atoms with E-state index in [9.17, 15) is 5.11 Å². The van der Waals surface area contributed by atoms with Crippen LogP contribution in [0.1, 0.15) is 35.8 Å². The second-order valence-electron chi connectivity index (χ2n) is 5.80. The maximum atomic E-state index is 10.0. The van der Waals surface area contributed by atoms with Crippen LogP contribution in [-0.2, 0) is 17.8 Å². The number of nitrogens with one attached hydrogen (secondary N) is 1. The second kappa shape index (κ2) is 7.58. The molecule has 0 spiro atoms. The third-order valence-corrected chi connectivity index (χ3v) is 4.10. The van der Waals surface area contributed by atoms with Gasteiger partial charge in [0.05, 0.1) is 19.0 Å². The molecule has 1 aliphatic carbocycles. The van der Waals surface area contributed by atoms with Gasteiger partial charge in [-0.25, -0.2) is 0 Å². The van der Waals surface area contributed by atoms with Gasteiger partial charge in [0.1, 0.15) is 12.4 Å². The van der Waals surface area contributed by atoms with Crippen molar-refractivity contribution in [2.75, 3.05) is 13.2 Å². The second-order valence-corrected chi connectivity index (χ2v) is 5.80. The summed E-state index contributed by atoms with van der Waals surface area (Å²) in [5.74, 6) is 0.779. The summed E-state index contributed by atoms with van der Waals surface area (Å²) in [6.07, 6.45) is 4.58. The largest absolute Gasteiger partial charge is 0.467 e. The first kappa shape index (κ1) is 15.3. The Hall–Kier alpha value is -1.62. The fourth-order valence-corrected chi connectivity index (χ4v) is 2.99. The summed E-state index contributed by atoms with van der Waals surface area (Å²) in [7, 11) is 0. The summed E-state index contributed by atoms with van der Waals surface area (Å²) in [5.41, 5.74) is 2.80. The lowest BCUT2D eigenvalue weighted by Crippen LogP contribution is -2.34. The first-order valence-corrected chi connectivity index (χ1v) is 7.92. The van der Waals surface area contributed by atoms with E-state index >= 15 is 0 Å². The maximum Gasteiger partial charge on any atom is 0.129 e. The Bertz CT molecular complexity index is 567.